The van der Waals surface area contributed by atoms with E-state index in [2.05, 4.69) is 17.9 Å². The van der Waals surface area contributed by atoms with Crippen LogP contribution in [0.3, 0.4) is 0 Å². The zero-order valence-electron chi connectivity index (χ0n) is 6.25. The van der Waals surface area contributed by atoms with Crippen LogP contribution in [0.2, 0.25) is 0 Å². The van der Waals surface area contributed by atoms with Gasteiger partial charge in [-0.1, -0.05) is 0 Å². The first kappa shape index (κ1) is 10.7. The topological polar surface area (TPSA) is 58.6 Å². The second kappa shape index (κ2) is 7.84. The van der Waals surface area contributed by atoms with E-state index in [1.54, 1.807) is 0 Å². The van der Waals surface area contributed by atoms with Crippen LogP contribution in [0, 0.1) is 0 Å². The van der Waals surface area contributed by atoms with Crippen LogP contribution in [0.25, 0.3) is 0 Å². The van der Waals surface area contributed by atoms with Crippen LogP contribution in [0.5, 0.6) is 0 Å². The molecule has 0 aromatic rings. The van der Waals surface area contributed by atoms with E-state index in [0.29, 0.717) is 19.8 Å². The number of rotatable bonds is 6. The molecule has 2 N–H and O–H groups in total. The molecule has 0 saturated carbocycles. The second-order valence-electron chi connectivity index (χ2n) is 1.84. The maximum atomic E-state index is 10.6. The average molecular weight is 179 g/mol. The number of thiol groups is 1. The number of amides is 1. The third-order valence-electron chi connectivity index (χ3n) is 0.948. The minimum atomic E-state index is -0.110. The predicted molar refractivity (Wildman–Crippen MR) is 44.8 cm³/mol. The SMILES string of the molecule is O=C(CS)NCCOCCO. The van der Waals surface area contributed by atoms with Gasteiger partial charge in [0.1, 0.15) is 0 Å². The normalized spacial score (nSPS) is 9.64. The molecule has 0 aromatic carbocycles. The Labute approximate surface area is 71.3 Å². The Balaban J connectivity index is 2.95. The first-order valence-corrected chi connectivity index (χ1v) is 4.00. The third-order valence-corrected chi connectivity index (χ3v) is 1.24. The van der Waals surface area contributed by atoms with Gasteiger partial charge in [-0.05, 0) is 0 Å². The van der Waals surface area contributed by atoms with Gasteiger partial charge in [0, 0.05) is 6.54 Å². The molecule has 0 aliphatic carbocycles. The van der Waals surface area contributed by atoms with Gasteiger partial charge in [-0.15, -0.1) is 0 Å². The lowest BCUT2D eigenvalue weighted by Crippen LogP contribution is -2.28. The Bertz CT molecular complexity index is 110. The van der Waals surface area contributed by atoms with E-state index in [9.17, 15) is 4.79 Å². The lowest BCUT2D eigenvalue weighted by molar-refractivity contribution is -0.118. The average Bonchev–Trinajstić information content (AvgIpc) is 2.04. The number of aliphatic hydroxyl groups excluding tert-OH is 1. The number of nitrogens with one attached hydrogen (secondary N) is 1. The molecule has 5 heteroatoms. The van der Waals surface area contributed by atoms with Gasteiger partial charge in [-0.25, -0.2) is 0 Å². The van der Waals surface area contributed by atoms with E-state index >= 15 is 0 Å². The molecule has 0 rings (SSSR count). The number of ether oxygens (including phenoxy) is 1. The lowest BCUT2D eigenvalue weighted by atomic mass is 10.6. The fourth-order valence-electron chi connectivity index (χ4n) is 0.485. The van der Waals surface area contributed by atoms with E-state index in [4.69, 9.17) is 9.84 Å². The fraction of sp³-hybridized carbons (Fsp3) is 0.833. The van der Waals surface area contributed by atoms with Crippen molar-refractivity contribution < 1.29 is 14.6 Å². The highest BCUT2D eigenvalue weighted by molar-refractivity contribution is 7.81. The van der Waals surface area contributed by atoms with E-state index < -0.39 is 0 Å². The Morgan fingerprint density at radius 1 is 1.55 bits per heavy atom. The molecule has 1 amide bonds. The van der Waals surface area contributed by atoms with E-state index in [1.165, 1.54) is 0 Å². The maximum Gasteiger partial charge on any atom is 0.229 e. The number of carbonyl (C=O) groups is 1. The number of hydrogen-bond acceptors (Lipinski definition) is 4. The molecular formula is C6H13NO3S. The predicted octanol–water partition coefficient (Wildman–Crippen LogP) is -0.959. The highest BCUT2D eigenvalue weighted by Gasteiger charge is 1.94. The van der Waals surface area contributed by atoms with Crippen molar-refractivity contribution in [3.8, 4) is 0 Å². The van der Waals surface area contributed by atoms with Gasteiger partial charge >= 0.3 is 0 Å². The van der Waals surface area contributed by atoms with Crippen LogP contribution in [-0.4, -0.2) is 43.1 Å². The molecule has 4 nitrogen and oxygen atoms in total. The number of carbonyl (C=O) groups excluding carboxylic acids is 1. The van der Waals surface area contributed by atoms with Crippen LogP contribution in [0.1, 0.15) is 0 Å². The zero-order chi connectivity index (χ0) is 8.53. The van der Waals surface area contributed by atoms with Crippen LogP contribution in [0.15, 0.2) is 0 Å². The minimum absolute atomic E-state index is 0.0144. The van der Waals surface area contributed by atoms with Gasteiger partial charge in [-0.3, -0.25) is 4.79 Å². The van der Waals surface area contributed by atoms with Crippen LogP contribution >= 0.6 is 12.6 Å². The van der Waals surface area contributed by atoms with Gasteiger partial charge in [-0.2, -0.15) is 12.6 Å². The molecule has 0 aliphatic rings. The summed E-state index contributed by atoms with van der Waals surface area (Å²) in [6.07, 6.45) is 0. The molecule has 0 aromatic heterocycles. The zero-order valence-corrected chi connectivity index (χ0v) is 7.14. The monoisotopic (exact) mass is 179 g/mol. The molecule has 66 valence electrons. The van der Waals surface area contributed by atoms with Gasteiger partial charge in [0.15, 0.2) is 0 Å². The quantitative estimate of drug-likeness (QED) is 0.363. The van der Waals surface area contributed by atoms with Gasteiger partial charge in [0.05, 0.1) is 25.6 Å². The fourth-order valence-corrected chi connectivity index (χ4v) is 0.597. The summed E-state index contributed by atoms with van der Waals surface area (Å²) >= 11 is 3.77. The summed E-state index contributed by atoms with van der Waals surface area (Å²) in [7, 11) is 0. The first-order valence-electron chi connectivity index (χ1n) is 3.37. The van der Waals surface area contributed by atoms with Crippen molar-refractivity contribution in [2.75, 3.05) is 32.1 Å². The molecule has 0 heterocycles. The molecule has 0 fully saturated rings. The standard InChI is InChI=1S/C6H13NO3S/c8-2-4-10-3-1-7-6(9)5-11/h8,11H,1-5H2,(H,7,9). The Morgan fingerprint density at radius 2 is 2.27 bits per heavy atom. The summed E-state index contributed by atoms with van der Waals surface area (Å²) in [6, 6.07) is 0. The second-order valence-corrected chi connectivity index (χ2v) is 2.16. The van der Waals surface area contributed by atoms with Crippen molar-refractivity contribution in [3.63, 3.8) is 0 Å². The molecule has 0 atom stereocenters. The van der Waals surface area contributed by atoms with Gasteiger partial charge in [0.2, 0.25) is 5.91 Å². The van der Waals surface area contributed by atoms with Crippen molar-refractivity contribution >= 4 is 18.5 Å². The summed E-state index contributed by atoms with van der Waals surface area (Å²) < 4.78 is 4.89. The molecule has 0 bridgehead atoms. The van der Waals surface area contributed by atoms with E-state index in [1.807, 2.05) is 0 Å². The maximum absolute atomic E-state index is 10.6. The highest BCUT2D eigenvalue weighted by atomic mass is 32.1. The van der Waals surface area contributed by atoms with Gasteiger partial charge in [0.25, 0.3) is 0 Å². The Kier molecular flexibility index (Phi) is 7.66. The number of hydrogen-bond donors (Lipinski definition) is 3. The smallest absolute Gasteiger partial charge is 0.229 e. The first-order chi connectivity index (χ1) is 5.31. The van der Waals surface area contributed by atoms with Crippen molar-refractivity contribution in [2.24, 2.45) is 0 Å². The van der Waals surface area contributed by atoms with Crippen LogP contribution in [-0.2, 0) is 9.53 Å². The van der Waals surface area contributed by atoms with Crippen LogP contribution in [0.4, 0.5) is 0 Å². The molecule has 0 aliphatic heterocycles. The summed E-state index contributed by atoms with van der Waals surface area (Å²) in [5, 5.41) is 10.9. The molecular weight excluding hydrogens is 166 g/mol. The molecule has 0 unspecified atom stereocenters. The summed E-state index contributed by atoms with van der Waals surface area (Å²) in [5.41, 5.74) is 0. The highest BCUT2D eigenvalue weighted by Crippen LogP contribution is 1.74. The van der Waals surface area contributed by atoms with Crippen molar-refractivity contribution in [1.29, 1.82) is 0 Å². The molecule has 0 saturated heterocycles. The van der Waals surface area contributed by atoms with Crippen molar-refractivity contribution in [1.82, 2.24) is 5.32 Å². The summed E-state index contributed by atoms with van der Waals surface area (Å²) in [6.45, 7) is 1.23. The minimum Gasteiger partial charge on any atom is -0.394 e. The lowest BCUT2D eigenvalue weighted by Gasteiger charge is -2.02. The van der Waals surface area contributed by atoms with Crippen molar-refractivity contribution in [2.45, 2.75) is 0 Å². The Morgan fingerprint density at radius 3 is 2.82 bits per heavy atom. The largest absolute Gasteiger partial charge is 0.394 e. The number of aliphatic hydroxyl groups is 1. The van der Waals surface area contributed by atoms with Gasteiger partial charge < -0.3 is 15.2 Å². The van der Waals surface area contributed by atoms with E-state index in [-0.39, 0.29) is 18.3 Å². The Hall–Kier alpha value is -0.260. The van der Waals surface area contributed by atoms with Crippen molar-refractivity contribution in [3.05, 3.63) is 0 Å². The summed E-state index contributed by atoms with van der Waals surface area (Å²) in [4.78, 5) is 10.6. The molecule has 0 spiro atoms. The van der Waals surface area contributed by atoms with Crippen LogP contribution < -0.4 is 5.32 Å². The van der Waals surface area contributed by atoms with E-state index in [0.717, 1.165) is 0 Å². The molecule has 11 heavy (non-hydrogen) atoms. The molecule has 0 radical (unpaired) electrons. The summed E-state index contributed by atoms with van der Waals surface area (Å²) in [5.74, 6) is 0.0842. The third kappa shape index (κ3) is 7.64.